The van der Waals surface area contributed by atoms with Crippen molar-refractivity contribution in [3.05, 3.63) is 18.0 Å². The minimum atomic E-state index is 0.334. The molecule has 0 spiro atoms. The molecule has 1 unspecified atom stereocenters. The van der Waals surface area contributed by atoms with Crippen LogP contribution in [0.25, 0.3) is 0 Å². The van der Waals surface area contributed by atoms with Gasteiger partial charge in [-0.25, -0.2) is 0 Å². The van der Waals surface area contributed by atoms with E-state index in [-0.39, 0.29) is 0 Å². The first-order valence-corrected chi connectivity index (χ1v) is 6.42. The molecule has 1 aromatic heterocycles. The van der Waals surface area contributed by atoms with Crippen LogP contribution in [0.2, 0.25) is 0 Å². The van der Waals surface area contributed by atoms with E-state index in [0.717, 1.165) is 6.42 Å². The molecule has 90 valence electrons. The van der Waals surface area contributed by atoms with Crippen LogP contribution >= 0.6 is 0 Å². The zero-order chi connectivity index (χ0) is 11.4. The second-order valence-corrected chi connectivity index (χ2v) is 5.24. The van der Waals surface area contributed by atoms with Gasteiger partial charge in [0.2, 0.25) is 0 Å². The number of rotatable bonds is 3. The molecule has 0 aliphatic carbocycles. The van der Waals surface area contributed by atoms with Crippen molar-refractivity contribution in [3.8, 4) is 0 Å². The molecule has 0 bridgehead atoms. The summed E-state index contributed by atoms with van der Waals surface area (Å²) in [6.07, 6.45) is 9.63. The summed E-state index contributed by atoms with van der Waals surface area (Å²) >= 11 is 0. The summed E-state index contributed by atoms with van der Waals surface area (Å²) in [7, 11) is 2.03. The standard InChI is InChI=1S/C13H23N3/c1-13(8-4-3-5-10-14-13)9-6-12-7-11-15-16(12)2/h7,11,14H,3-6,8-10H2,1-2H3. The highest BCUT2D eigenvalue weighted by atomic mass is 15.2. The maximum absolute atomic E-state index is 4.22. The number of hydrogen-bond acceptors (Lipinski definition) is 2. The van der Waals surface area contributed by atoms with E-state index in [9.17, 15) is 0 Å². The normalized spacial score (nSPS) is 26.6. The van der Waals surface area contributed by atoms with E-state index in [2.05, 4.69) is 23.4 Å². The molecule has 0 radical (unpaired) electrons. The molecular formula is C13H23N3. The second kappa shape index (κ2) is 5.00. The minimum absolute atomic E-state index is 0.334. The van der Waals surface area contributed by atoms with Crippen molar-refractivity contribution in [2.75, 3.05) is 6.54 Å². The maximum Gasteiger partial charge on any atom is 0.0492 e. The molecule has 1 fully saturated rings. The molecule has 0 aromatic carbocycles. The Morgan fingerprint density at radius 1 is 1.44 bits per heavy atom. The Morgan fingerprint density at radius 3 is 3.06 bits per heavy atom. The molecule has 3 heteroatoms. The average molecular weight is 221 g/mol. The van der Waals surface area contributed by atoms with Gasteiger partial charge in [0.1, 0.15) is 0 Å². The van der Waals surface area contributed by atoms with E-state index in [4.69, 9.17) is 0 Å². The summed E-state index contributed by atoms with van der Waals surface area (Å²) in [4.78, 5) is 0. The molecule has 1 N–H and O–H groups in total. The van der Waals surface area contributed by atoms with E-state index < -0.39 is 0 Å². The predicted octanol–water partition coefficient (Wildman–Crippen LogP) is 2.27. The summed E-state index contributed by atoms with van der Waals surface area (Å²) in [6.45, 7) is 3.55. The molecule has 0 saturated carbocycles. The fraction of sp³-hybridized carbons (Fsp3) is 0.769. The van der Waals surface area contributed by atoms with E-state index in [1.165, 1.54) is 44.3 Å². The second-order valence-electron chi connectivity index (χ2n) is 5.24. The van der Waals surface area contributed by atoms with Crippen molar-refractivity contribution < 1.29 is 0 Å². The SMILES string of the molecule is Cn1nccc1CCC1(C)CCCCCN1. The first-order chi connectivity index (χ1) is 7.70. The molecule has 3 nitrogen and oxygen atoms in total. The highest BCUT2D eigenvalue weighted by molar-refractivity contribution is 5.02. The fourth-order valence-corrected chi connectivity index (χ4v) is 2.56. The Labute approximate surface area is 98.2 Å². The lowest BCUT2D eigenvalue weighted by atomic mass is 9.90. The minimum Gasteiger partial charge on any atom is -0.312 e. The van der Waals surface area contributed by atoms with Gasteiger partial charge in [-0.1, -0.05) is 12.8 Å². The highest BCUT2D eigenvalue weighted by Crippen LogP contribution is 2.23. The Morgan fingerprint density at radius 2 is 2.31 bits per heavy atom. The van der Waals surface area contributed by atoms with Crippen LogP contribution in [0.3, 0.4) is 0 Å². The van der Waals surface area contributed by atoms with Gasteiger partial charge in [0.05, 0.1) is 0 Å². The van der Waals surface area contributed by atoms with Gasteiger partial charge in [-0.3, -0.25) is 4.68 Å². The first kappa shape index (κ1) is 11.6. The van der Waals surface area contributed by atoms with E-state index in [1.807, 2.05) is 17.9 Å². The molecular weight excluding hydrogens is 198 g/mol. The lowest BCUT2D eigenvalue weighted by molar-refractivity contribution is 0.321. The van der Waals surface area contributed by atoms with Crippen LogP contribution in [-0.4, -0.2) is 21.9 Å². The van der Waals surface area contributed by atoms with Crippen LogP contribution in [0.1, 0.15) is 44.7 Å². The molecule has 16 heavy (non-hydrogen) atoms. The number of nitrogens with zero attached hydrogens (tertiary/aromatic N) is 2. The van der Waals surface area contributed by atoms with Crippen LogP contribution < -0.4 is 5.32 Å². The Hall–Kier alpha value is -0.830. The number of nitrogens with one attached hydrogen (secondary N) is 1. The zero-order valence-electron chi connectivity index (χ0n) is 10.5. The van der Waals surface area contributed by atoms with Gasteiger partial charge >= 0.3 is 0 Å². The summed E-state index contributed by atoms with van der Waals surface area (Å²) in [5.74, 6) is 0. The van der Waals surface area contributed by atoms with Crippen LogP contribution in [0.15, 0.2) is 12.3 Å². The molecule has 2 rings (SSSR count). The number of aryl methyl sites for hydroxylation is 2. The van der Waals surface area contributed by atoms with Gasteiger partial charge in [-0.05, 0) is 45.2 Å². The molecule has 1 aliphatic rings. The lowest BCUT2D eigenvalue weighted by Gasteiger charge is -2.29. The van der Waals surface area contributed by atoms with Gasteiger partial charge in [-0.15, -0.1) is 0 Å². The van der Waals surface area contributed by atoms with Crippen LogP contribution in [0.5, 0.6) is 0 Å². The number of aromatic nitrogens is 2. The van der Waals surface area contributed by atoms with E-state index in [0.29, 0.717) is 5.54 Å². The molecule has 1 aliphatic heterocycles. The van der Waals surface area contributed by atoms with Crippen LogP contribution in [-0.2, 0) is 13.5 Å². The number of hydrogen-bond donors (Lipinski definition) is 1. The van der Waals surface area contributed by atoms with Crippen molar-refractivity contribution in [2.24, 2.45) is 7.05 Å². The highest BCUT2D eigenvalue weighted by Gasteiger charge is 2.24. The van der Waals surface area contributed by atoms with Crippen molar-refractivity contribution in [1.82, 2.24) is 15.1 Å². The summed E-state index contributed by atoms with van der Waals surface area (Å²) < 4.78 is 1.99. The average Bonchev–Trinajstić information content (AvgIpc) is 2.54. The van der Waals surface area contributed by atoms with Gasteiger partial charge in [0, 0.05) is 24.5 Å². The van der Waals surface area contributed by atoms with Gasteiger partial charge < -0.3 is 5.32 Å². The third-order valence-electron chi connectivity index (χ3n) is 3.81. The van der Waals surface area contributed by atoms with Crippen molar-refractivity contribution in [2.45, 2.75) is 51.0 Å². The van der Waals surface area contributed by atoms with Gasteiger partial charge in [0.15, 0.2) is 0 Å². The van der Waals surface area contributed by atoms with Crippen molar-refractivity contribution >= 4 is 0 Å². The largest absolute Gasteiger partial charge is 0.312 e. The quantitative estimate of drug-likeness (QED) is 0.848. The maximum atomic E-state index is 4.22. The van der Waals surface area contributed by atoms with E-state index in [1.54, 1.807) is 0 Å². The van der Waals surface area contributed by atoms with Gasteiger partial charge in [-0.2, -0.15) is 5.10 Å². The van der Waals surface area contributed by atoms with Crippen LogP contribution in [0.4, 0.5) is 0 Å². The summed E-state index contributed by atoms with van der Waals surface area (Å²) in [5, 5.41) is 7.93. The molecule has 0 amide bonds. The molecule has 2 heterocycles. The van der Waals surface area contributed by atoms with E-state index >= 15 is 0 Å². The fourth-order valence-electron chi connectivity index (χ4n) is 2.56. The Kier molecular flexibility index (Phi) is 3.64. The van der Waals surface area contributed by atoms with Crippen molar-refractivity contribution in [1.29, 1.82) is 0 Å². The smallest absolute Gasteiger partial charge is 0.0492 e. The first-order valence-electron chi connectivity index (χ1n) is 6.42. The predicted molar refractivity (Wildman–Crippen MR) is 66.4 cm³/mol. The van der Waals surface area contributed by atoms with Crippen molar-refractivity contribution in [3.63, 3.8) is 0 Å². The molecule has 1 aromatic rings. The molecule has 1 saturated heterocycles. The van der Waals surface area contributed by atoms with Gasteiger partial charge in [0.25, 0.3) is 0 Å². The Bertz CT molecular complexity index is 322. The van der Waals surface area contributed by atoms with Crippen LogP contribution in [0, 0.1) is 0 Å². The molecule has 1 atom stereocenters. The lowest BCUT2D eigenvalue weighted by Crippen LogP contribution is -2.42. The third-order valence-corrected chi connectivity index (χ3v) is 3.81. The zero-order valence-corrected chi connectivity index (χ0v) is 10.5. The third kappa shape index (κ3) is 2.85. The summed E-state index contributed by atoms with van der Waals surface area (Å²) in [6, 6.07) is 2.13. The monoisotopic (exact) mass is 221 g/mol. The Balaban J connectivity index is 1.90. The summed E-state index contributed by atoms with van der Waals surface area (Å²) in [5.41, 5.74) is 1.67. The topological polar surface area (TPSA) is 29.9 Å².